The van der Waals surface area contributed by atoms with Crippen LogP contribution in [0.5, 0.6) is 5.75 Å². The Morgan fingerprint density at radius 3 is 2.33 bits per heavy atom. The molecule has 0 heterocycles. The second kappa shape index (κ2) is 5.26. The normalized spacial score (nSPS) is 10.7. The van der Waals surface area contributed by atoms with E-state index in [-0.39, 0.29) is 0 Å². The lowest BCUT2D eigenvalue weighted by molar-refractivity contribution is 0.416. The molecule has 0 aliphatic rings. The van der Waals surface area contributed by atoms with Crippen LogP contribution in [0.15, 0.2) is 42.5 Å². The summed E-state index contributed by atoms with van der Waals surface area (Å²) in [5.41, 5.74) is 5.06. The van der Waals surface area contributed by atoms with Gasteiger partial charge in [-0.1, -0.05) is 55.8 Å². The molecule has 0 radical (unpaired) electrons. The Kier molecular flexibility index (Phi) is 3.71. The largest absolute Gasteiger partial charge is 0.496 e. The van der Waals surface area contributed by atoms with Gasteiger partial charge < -0.3 is 4.74 Å². The third-order valence-electron chi connectivity index (χ3n) is 3.21. The molecule has 2 rings (SSSR count). The third-order valence-corrected chi connectivity index (χ3v) is 3.21. The van der Waals surface area contributed by atoms with Crippen LogP contribution in [0.3, 0.4) is 0 Å². The molecule has 1 heteroatoms. The van der Waals surface area contributed by atoms with E-state index in [4.69, 9.17) is 4.74 Å². The second-order valence-corrected chi connectivity index (χ2v) is 4.95. The summed E-state index contributed by atoms with van der Waals surface area (Å²) in [4.78, 5) is 0. The Hall–Kier alpha value is -1.76. The monoisotopic (exact) mass is 240 g/mol. The highest BCUT2D eigenvalue weighted by Gasteiger charge is 2.13. The van der Waals surface area contributed by atoms with Crippen LogP contribution in [0, 0.1) is 6.92 Å². The van der Waals surface area contributed by atoms with E-state index in [9.17, 15) is 0 Å². The van der Waals surface area contributed by atoms with E-state index < -0.39 is 0 Å². The Balaban J connectivity index is 2.67. The van der Waals surface area contributed by atoms with Crippen LogP contribution in [0.4, 0.5) is 0 Å². The van der Waals surface area contributed by atoms with Gasteiger partial charge in [-0.25, -0.2) is 0 Å². The fourth-order valence-electron chi connectivity index (χ4n) is 2.31. The summed E-state index contributed by atoms with van der Waals surface area (Å²) in [5, 5.41) is 0. The average Bonchev–Trinajstić information content (AvgIpc) is 2.37. The SMILES string of the molecule is COc1cccc(C(C)C)c1-c1cccc(C)c1. The molecule has 0 spiro atoms. The molecular formula is C17H20O. The van der Waals surface area contributed by atoms with Crippen LogP contribution in [-0.4, -0.2) is 7.11 Å². The molecule has 0 aliphatic carbocycles. The van der Waals surface area contributed by atoms with Crippen molar-refractivity contribution in [3.8, 4) is 16.9 Å². The number of rotatable bonds is 3. The highest BCUT2D eigenvalue weighted by molar-refractivity contribution is 5.75. The van der Waals surface area contributed by atoms with Gasteiger partial charge in [0.1, 0.15) is 5.75 Å². The van der Waals surface area contributed by atoms with Crippen LogP contribution >= 0.6 is 0 Å². The number of hydrogen-bond acceptors (Lipinski definition) is 1. The van der Waals surface area contributed by atoms with Crippen LogP contribution < -0.4 is 4.74 Å². The Morgan fingerprint density at radius 1 is 1.00 bits per heavy atom. The molecule has 0 aliphatic heterocycles. The first-order chi connectivity index (χ1) is 8.63. The number of ether oxygens (including phenoxy) is 1. The maximum Gasteiger partial charge on any atom is 0.126 e. The number of benzene rings is 2. The average molecular weight is 240 g/mol. The first kappa shape index (κ1) is 12.7. The first-order valence-corrected chi connectivity index (χ1v) is 6.37. The summed E-state index contributed by atoms with van der Waals surface area (Å²) in [6.45, 7) is 6.55. The van der Waals surface area contributed by atoms with Crippen LogP contribution in [0.25, 0.3) is 11.1 Å². The highest BCUT2D eigenvalue weighted by atomic mass is 16.5. The van der Waals surface area contributed by atoms with Gasteiger partial charge in [-0.05, 0) is 30.0 Å². The lowest BCUT2D eigenvalue weighted by Gasteiger charge is -2.17. The summed E-state index contributed by atoms with van der Waals surface area (Å²) in [6, 6.07) is 14.9. The van der Waals surface area contributed by atoms with Crippen molar-refractivity contribution in [2.75, 3.05) is 7.11 Å². The lowest BCUT2D eigenvalue weighted by atomic mass is 9.91. The molecule has 2 aromatic carbocycles. The van der Waals surface area contributed by atoms with Gasteiger partial charge in [0.2, 0.25) is 0 Å². The van der Waals surface area contributed by atoms with Crippen molar-refractivity contribution in [3.05, 3.63) is 53.6 Å². The molecule has 18 heavy (non-hydrogen) atoms. The molecule has 0 saturated heterocycles. The molecular weight excluding hydrogens is 220 g/mol. The smallest absolute Gasteiger partial charge is 0.126 e. The molecule has 0 fully saturated rings. The lowest BCUT2D eigenvalue weighted by Crippen LogP contribution is -1.96. The second-order valence-electron chi connectivity index (χ2n) is 4.95. The summed E-state index contributed by atoms with van der Waals surface area (Å²) in [7, 11) is 1.73. The first-order valence-electron chi connectivity index (χ1n) is 6.37. The quantitative estimate of drug-likeness (QED) is 0.749. The minimum Gasteiger partial charge on any atom is -0.496 e. The molecule has 1 nitrogen and oxygen atoms in total. The van der Waals surface area contributed by atoms with Crippen molar-refractivity contribution < 1.29 is 4.74 Å². The van der Waals surface area contributed by atoms with E-state index in [1.807, 2.05) is 6.07 Å². The van der Waals surface area contributed by atoms with Crippen molar-refractivity contribution in [3.63, 3.8) is 0 Å². The van der Waals surface area contributed by atoms with Crippen molar-refractivity contribution >= 4 is 0 Å². The molecule has 0 amide bonds. The maximum absolute atomic E-state index is 5.53. The summed E-state index contributed by atoms with van der Waals surface area (Å²) >= 11 is 0. The minimum atomic E-state index is 0.482. The van der Waals surface area contributed by atoms with E-state index in [0.717, 1.165) is 5.75 Å². The number of aryl methyl sites for hydroxylation is 1. The number of hydrogen-bond donors (Lipinski definition) is 0. The molecule has 0 unspecified atom stereocenters. The van der Waals surface area contributed by atoms with Crippen LogP contribution in [0.1, 0.15) is 30.9 Å². The topological polar surface area (TPSA) is 9.23 Å². The Labute approximate surface area is 109 Å². The van der Waals surface area contributed by atoms with Crippen molar-refractivity contribution in [1.82, 2.24) is 0 Å². The van der Waals surface area contributed by atoms with Crippen molar-refractivity contribution in [1.29, 1.82) is 0 Å². The van der Waals surface area contributed by atoms with Gasteiger partial charge in [-0.15, -0.1) is 0 Å². The van der Waals surface area contributed by atoms with Gasteiger partial charge in [0.25, 0.3) is 0 Å². The van der Waals surface area contributed by atoms with Crippen molar-refractivity contribution in [2.45, 2.75) is 26.7 Å². The van der Waals surface area contributed by atoms with Gasteiger partial charge >= 0.3 is 0 Å². The molecule has 0 saturated carbocycles. The Morgan fingerprint density at radius 2 is 1.72 bits per heavy atom. The Bertz CT molecular complexity index is 541. The zero-order chi connectivity index (χ0) is 13.1. The van der Waals surface area contributed by atoms with E-state index >= 15 is 0 Å². The summed E-state index contributed by atoms with van der Waals surface area (Å²) < 4.78 is 5.53. The van der Waals surface area contributed by atoms with Gasteiger partial charge in [-0.3, -0.25) is 0 Å². The molecule has 0 N–H and O–H groups in total. The molecule has 2 aromatic rings. The standard InChI is InChI=1S/C17H20O/c1-12(2)15-9-6-10-16(18-4)17(15)14-8-5-7-13(3)11-14/h5-12H,1-4H3. The third kappa shape index (κ3) is 2.40. The van der Waals surface area contributed by atoms with E-state index in [1.54, 1.807) is 7.11 Å². The van der Waals surface area contributed by atoms with Crippen molar-refractivity contribution in [2.24, 2.45) is 0 Å². The molecule has 0 bridgehead atoms. The van der Waals surface area contributed by atoms with Gasteiger partial charge in [-0.2, -0.15) is 0 Å². The van der Waals surface area contributed by atoms with Gasteiger partial charge in [0, 0.05) is 5.56 Å². The molecule has 0 aromatic heterocycles. The fraction of sp³-hybridized carbons (Fsp3) is 0.294. The molecule has 94 valence electrons. The van der Waals surface area contributed by atoms with Crippen LogP contribution in [-0.2, 0) is 0 Å². The maximum atomic E-state index is 5.53. The van der Waals surface area contributed by atoms with Crippen LogP contribution in [0.2, 0.25) is 0 Å². The highest BCUT2D eigenvalue weighted by Crippen LogP contribution is 2.37. The summed E-state index contributed by atoms with van der Waals surface area (Å²) in [6.07, 6.45) is 0. The zero-order valence-corrected chi connectivity index (χ0v) is 11.5. The van der Waals surface area contributed by atoms with Gasteiger partial charge in [0.15, 0.2) is 0 Å². The summed E-state index contributed by atoms with van der Waals surface area (Å²) in [5.74, 6) is 1.43. The molecule has 0 atom stereocenters. The predicted molar refractivity (Wildman–Crippen MR) is 77.3 cm³/mol. The zero-order valence-electron chi connectivity index (χ0n) is 11.5. The fourth-order valence-corrected chi connectivity index (χ4v) is 2.31. The van der Waals surface area contributed by atoms with E-state index in [2.05, 4.69) is 57.2 Å². The minimum absolute atomic E-state index is 0.482. The predicted octanol–water partition coefficient (Wildman–Crippen LogP) is 4.79. The van der Waals surface area contributed by atoms with Gasteiger partial charge in [0.05, 0.1) is 7.11 Å². The number of methoxy groups -OCH3 is 1. The van der Waals surface area contributed by atoms with E-state index in [0.29, 0.717) is 5.92 Å². The van der Waals surface area contributed by atoms with E-state index in [1.165, 1.54) is 22.3 Å².